The monoisotopic (exact) mass is 198 g/mol. The summed E-state index contributed by atoms with van der Waals surface area (Å²) in [5, 5.41) is 13.6. The first-order valence-electron chi connectivity index (χ1n) is 4.49. The Morgan fingerprint density at radius 3 is 2.77 bits per heavy atom. The van der Waals surface area contributed by atoms with Crippen LogP contribution in [0.25, 0.3) is 0 Å². The van der Waals surface area contributed by atoms with Crippen molar-refractivity contribution in [2.75, 3.05) is 19.0 Å². The van der Waals surface area contributed by atoms with Crippen LogP contribution in [0.1, 0.15) is 17.8 Å². The van der Waals surface area contributed by atoms with Gasteiger partial charge in [-0.15, -0.1) is 10.2 Å². The zero-order valence-electron chi connectivity index (χ0n) is 7.95. The Morgan fingerprint density at radius 1 is 1.46 bits per heavy atom. The number of nitrogens with zero attached hydrogens (tertiary/aromatic N) is 3. The molecule has 2 rings (SSSR count). The first-order valence-corrected chi connectivity index (χ1v) is 5.30. The molecule has 1 aliphatic carbocycles. The van der Waals surface area contributed by atoms with Crippen LogP contribution in [-0.2, 0) is 6.54 Å². The summed E-state index contributed by atoms with van der Waals surface area (Å²) in [6, 6.07) is 0.742. The molecule has 0 aromatic carbocycles. The zero-order valence-corrected chi connectivity index (χ0v) is 8.77. The number of rotatable bonds is 4. The lowest BCUT2D eigenvalue weighted by atomic mass is 10.6. The molecule has 13 heavy (non-hydrogen) atoms. The lowest BCUT2D eigenvalue weighted by molar-refractivity contribution is 0.679. The third-order valence-corrected chi connectivity index (χ3v) is 3.05. The molecule has 0 unspecified atom stereocenters. The van der Waals surface area contributed by atoms with E-state index in [0.29, 0.717) is 0 Å². The van der Waals surface area contributed by atoms with E-state index in [4.69, 9.17) is 0 Å². The van der Waals surface area contributed by atoms with Gasteiger partial charge in [0.15, 0.2) is 0 Å². The Balaban J connectivity index is 1.88. The second kappa shape index (κ2) is 3.59. The van der Waals surface area contributed by atoms with E-state index in [1.165, 1.54) is 12.8 Å². The van der Waals surface area contributed by atoms with Gasteiger partial charge >= 0.3 is 0 Å². The highest BCUT2D eigenvalue weighted by Gasteiger charge is 2.20. The normalized spacial score (nSPS) is 16.2. The van der Waals surface area contributed by atoms with Crippen LogP contribution in [0.3, 0.4) is 0 Å². The number of hydrogen-bond donors (Lipinski definition) is 1. The van der Waals surface area contributed by atoms with Crippen LogP contribution < -0.4 is 10.2 Å². The third-order valence-electron chi connectivity index (χ3n) is 1.96. The van der Waals surface area contributed by atoms with E-state index in [-0.39, 0.29) is 0 Å². The third kappa shape index (κ3) is 2.38. The summed E-state index contributed by atoms with van der Waals surface area (Å²) in [4.78, 5) is 1.98. The number of anilines is 1. The molecule has 0 bridgehead atoms. The summed E-state index contributed by atoms with van der Waals surface area (Å²) in [5.41, 5.74) is 0. The second-order valence-corrected chi connectivity index (χ2v) is 4.57. The minimum absolute atomic E-state index is 0.742. The molecule has 0 radical (unpaired) electrons. The van der Waals surface area contributed by atoms with E-state index in [2.05, 4.69) is 15.5 Å². The van der Waals surface area contributed by atoms with Gasteiger partial charge in [-0.05, 0) is 12.8 Å². The largest absolute Gasteiger partial charge is 0.353 e. The van der Waals surface area contributed by atoms with E-state index >= 15 is 0 Å². The van der Waals surface area contributed by atoms with Crippen molar-refractivity contribution in [1.29, 1.82) is 0 Å². The Hall–Kier alpha value is -0.680. The van der Waals surface area contributed by atoms with Crippen molar-refractivity contribution in [2.24, 2.45) is 0 Å². The van der Waals surface area contributed by atoms with Crippen LogP contribution in [0.4, 0.5) is 5.13 Å². The van der Waals surface area contributed by atoms with Crippen molar-refractivity contribution >= 4 is 16.5 Å². The van der Waals surface area contributed by atoms with Crippen LogP contribution in [0.2, 0.25) is 0 Å². The average Bonchev–Trinajstić information content (AvgIpc) is 2.79. The Labute approximate surface area is 82.0 Å². The van der Waals surface area contributed by atoms with Gasteiger partial charge in [0.05, 0.1) is 6.54 Å². The molecule has 1 heterocycles. The number of hydrogen-bond acceptors (Lipinski definition) is 5. The molecule has 1 N–H and O–H groups in total. The first-order chi connectivity index (χ1) is 6.25. The van der Waals surface area contributed by atoms with Gasteiger partial charge in [-0.1, -0.05) is 11.3 Å². The van der Waals surface area contributed by atoms with Gasteiger partial charge in [0, 0.05) is 20.1 Å². The second-order valence-electron chi connectivity index (χ2n) is 3.53. The maximum absolute atomic E-state index is 4.10. The van der Waals surface area contributed by atoms with E-state index < -0.39 is 0 Å². The van der Waals surface area contributed by atoms with Crippen molar-refractivity contribution in [3.63, 3.8) is 0 Å². The van der Waals surface area contributed by atoms with Crippen molar-refractivity contribution in [3.8, 4) is 0 Å². The highest BCUT2D eigenvalue weighted by Crippen LogP contribution is 2.21. The molecule has 4 nitrogen and oxygen atoms in total. The quantitative estimate of drug-likeness (QED) is 0.779. The highest BCUT2D eigenvalue weighted by atomic mass is 32.1. The van der Waals surface area contributed by atoms with Gasteiger partial charge in [-0.2, -0.15) is 0 Å². The summed E-state index contributed by atoms with van der Waals surface area (Å²) in [5.74, 6) is 0. The maximum Gasteiger partial charge on any atom is 0.207 e. The molecular weight excluding hydrogens is 184 g/mol. The Bertz CT molecular complexity index is 279. The summed E-state index contributed by atoms with van der Waals surface area (Å²) >= 11 is 1.65. The van der Waals surface area contributed by atoms with Crippen molar-refractivity contribution in [1.82, 2.24) is 15.5 Å². The van der Waals surface area contributed by atoms with Crippen LogP contribution in [-0.4, -0.2) is 30.3 Å². The van der Waals surface area contributed by atoms with Gasteiger partial charge in [-0.3, -0.25) is 0 Å². The van der Waals surface area contributed by atoms with E-state index in [0.717, 1.165) is 22.7 Å². The SMILES string of the molecule is CN(C)c1nnc(CNC2CC2)s1. The Morgan fingerprint density at radius 2 is 2.23 bits per heavy atom. The fourth-order valence-electron chi connectivity index (χ4n) is 1.02. The van der Waals surface area contributed by atoms with Crippen molar-refractivity contribution in [2.45, 2.75) is 25.4 Å². The number of aromatic nitrogens is 2. The molecular formula is C8H14N4S. The van der Waals surface area contributed by atoms with E-state index in [1.807, 2.05) is 19.0 Å². The molecule has 0 amide bonds. The Kier molecular flexibility index (Phi) is 2.46. The average molecular weight is 198 g/mol. The van der Waals surface area contributed by atoms with Crippen LogP contribution >= 0.6 is 11.3 Å². The topological polar surface area (TPSA) is 41.1 Å². The molecule has 5 heteroatoms. The van der Waals surface area contributed by atoms with Gasteiger partial charge in [-0.25, -0.2) is 0 Å². The fraction of sp³-hybridized carbons (Fsp3) is 0.750. The summed E-state index contributed by atoms with van der Waals surface area (Å²) < 4.78 is 0. The standard InChI is InChI=1S/C8H14N4S/c1-12(2)8-11-10-7(13-8)5-9-6-3-4-6/h6,9H,3-5H2,1-2H3. The molecule has 1 aliphatic rings. The summed E-state index contributed by atoms with van der Waals surface area (Å²) in [6.07, 6.45) is 2.64. The first kappa shape index (κ1) is 8.90. The molecule has 1 aromatic heterocycles. The van der Waals surface area contributed by atoms with Crippen LogP contribution in [0.5, 0.6) is 0 Å². The maximum atomic E-state index is 4.10. The van der Waals surface area contributed by atoms with Crippen molar-refractivity contribution < 1.29 is 0 Å². The predicted octanol–water partition coefficient (Wildman–Crippen LogP) is 0.856. The smallest absolute Gasteiger partial charge is 0.207 e. The molecule has 1 aromatic rings. The molecule has 1 fully saturated rings. The fourth-order valence-corrected chi connectivity index (χ4v) is 1.73. The summed E-state index contributed by atoms with van der Waals surface area (Å²) in [7, 11) is 3.97. The highest BCUT2D eigenvalue weighted by molar-refractivity contribution is 7.15. The molecule has 0 saturated heterocycles. The van der Waals surface area contributed by atoms with Gasteiger partial charge in [0.1, 0.15) is 5.01 Å². The molecule has 0 aliphatic heterocycles. The molecule has 72 valence electrons. The zero-order chi connectivity index (χ0) is 9.26. The summed E-state index contributed by atoms with van der Waals surface area (Å²) in [6.45, 7) is 0.871. The van der Waals surface area contributed by atoms with E-state index in [9.17, 15) is 0 Å². The predicted molar refractivity (Wildman–Crippen MR) is 54.1 cm³/mol. The van der Waals surface area contributed by atoms with Crippen LogP contribution in [0, 0.1) is 0 Å². The minimum atomic E-state index is 0.742. The lowest BCUT2D eigenvalue weighted by Gasteiger charge is -2.03. The van der Waals surface area contributed by atoms with Gasteiger partial charge in [0.25, 0.3) is 0 Å². The molecule has 0 spiro atoms. The van der Waals surface area contributed by atoms with Crippen LogP contribution in [0.15, 0.2) is 0 Å². The lowest BCUT2D eigenvalue weighted by Crippen LogP contribution is -2.14. The number of nitrogens with one attached hydrogen (secondary N) is 1. The molecule has 1 saturated carbocycles. The minimum Gasteiger partial charge on any atom is -0.353 e. The van der Waals surface area contributed by atoms with E-state index in [1.54, 1.807) is 11.3 Å². The van der Waals surface area contributed by atoms with Gasteiger partial charge in [0.2, 0.25) is 5.13 Å². The van der Waals surface area contributed by atoms with Crippen molar-refractivity contribution in [3.05, 3.63) is 5.01 Å². The van der Waals surface area contributed by atoms with Gasteiger partial charge < -0.3 is 10.2 Å². The molecule has 0 atom stereocenters.